The summed E-state index contributed by atoms with van der Waals surface area (Å²) >= 11 is 0. The average molecular weight is 371 g/mol. The van der Waals surface area contributed by atoms with Gasteiger partial charge in [0.1, 0.15) is 5.82 Å². The number of amides is 1. The molecule has 0 aliphatic rings. The lowest BCUT2D eigenvalue weighted by Gasteiger charge is -2.17. The lowest BCUT2D eigenvalue weighted by atomic mass is 10.1. The van der Waals surface area contributed by atoms with E-state index in [1.165, 1.54) is 41.4 Å². The molecule has 1 N–H and O–H groups in total. The molecular weight excluding hydrogens is 355 g/mol. The van der Waals surface area contributed by atoms with Crippen molar-refractivity contribution in [1.82, 2.24) is 4.98 Å². The van der Waals surface area contributed by atoms with E-state index in [2.05, 4.69) is 10.3 Å². The first kappa shape index (κ1) is 18.4. The van der Waals surface area contributed by atoms with Gasteiger partial charge in [-0.2, -0.15) is 13.2 Å². The van der Waals surface area contributed by atoms with E-state index in [4.69, 9.17) is 0 Å². The molecule has 27 heavy (non-hydrogen) atoms. The third-order valence-electron chi connectivity index (χ3n) is 3.95. The van der Waals surface area contributed by atoms with Crippen LogP contribution in [0.25, 0.3) is 0 Å². The van der Waals surface area contributed by atoms with Crippen molar-refractivity contribution >= 4 is 23.1 Å². The molecule has 1 amide bonds. The summed E-state index contributed by atoms with van der Waals surface area (Å²) in [6.07, 6.45) is -3.14. The van der Waals surface area contributed by atoms with Gasteiger partial charge < -0.3 is 10.2 Å². The third kappa shape index (κ3) is 4.25. The van der Waals surface area contributed by atoms with Crippen LogP contribution in [-0.2, 0) is 6.18 Å². The van der Waals surface area contributed by atoms with E-state index in [9.17, 15) is 18.0 Å². The number of nitrogens with zero attached hydrogens (tertiary/aromatic N) is 2. The molecule has 0 radical (unpaired) electrons. The van der Waals surface area contributed by atoms with E-state index in [0.717, 1.165) is 11.8 Å². The number of halogens is 3. The summed E-state index contributed by atoms with van der Waals surface area (Å²) in [7, 11) is 1.64. The minimum Gasteiger partial charge on any atom is -0.340 e. The highest BCUT2D eigenvalue weighted by atomic mass is 19.4. The molecule has 0 aliphatic heterocycles. The van der Waals surface area contributed by atoms with Gasteiger partial charge in [0.25, 0.3) is 5.91 Å². The van der Waals surface area contributed by atoms with Crippen molar-refractivity contribution in [2.24, 2.45) is 0 Å². The standard InChI is InChI=1S/C20H16F3N3O/c1-26(15-7-3-2-4-8-15)19(27)14-11-12-18(24-13-14)25-17-10-6-5-9-16(17)20(21,22)23/h2-13H,1H3,(H,24,25). The molecule has 3 rings (SSSR count). The molecule has 1 heterocycles. The van der Waals surface area contributed by atoms with Crippen LogP contribution in [0.4, 0.5) is 30.4 Å². The quantitative estimate of drug-likeness (QED) is 0.692. The maximum Gasteiger partial charge on any atom is 0.418 e. The highest BCUT2D eigenvalue weighted by Crippen LogP contribution is 2.35. The Morgan fingerprint density at radius 3 is 2.26 bits per heavy atom. The second kappa shape index (κ2) is 7.49. The van der Waals surface area contributed by atoms with Crippen LogP contribution in [0.2, 0.25) is 0 Å². The highest BCUT2D eigenvalue weighted by Gasteiger charge is 2.33. The number of carbonyl (C=O) groups excluding carboxylic acids is 1. The summed E-state index contributed by atoms with van der Waals surface area (Å²) in [4.78, 5) is 18.1. The van der Waals surface area contributed by atoms with Gasteiger partial charge in [-0.3, -0.25) is 4.79 Å². The van der Waals surface area contributed by atoms with Gasteiger partial charge in [0.2, 0.25) is 0 Å². The number of benzene rings is 2. The topological polar surface area (TPSA) is 45.2 Å². The first-order valence-corrected chi connectivity index (χ1v) is 8.08. The number of alkyl halides is 3. The first-order valence-electron chi connectivity index (χ1n) is 8.08. The number of rotatable bonds is 4. The van der Waals surface area contributed by atoms with Gasteiger partial charge in [0.15, 0.2) is 0 Å². The Balaban J connectivity index is 1.78. The fourth-order valence-electron chi connectivity index (χ4n) is 2.53. The SMILES string of the molecule is CN(C(=O)c1ccc(Nc2ccccc2C(F)(F)F)nc1)c1ccccc1. The fraction of sp³-hybridized carbons (Fsp3) is 0.100. The maximum absolute atomic E-state index is 13.1. The number of carbonyl (C=O) groups is 1. The Morgan fingerprint density at radius 2 is 1.63 bits per heavy atom. The van der Waals surface area contributed by atoms with Gasteiger partial charge >= 0.3 is 6.18 Å². The predicted molar refractivity (Wildman–Crippen MR) is 98.1 cm³/mol. The number of hydrogen-bond donors (Lipinski definition) is 1. The van der Waals surface area contributed by atoms with Gasteiger partial charge in [-0.05, 0) is 36.4 Å². The Bertz CT molecular complexity index is 925. The lowest BCUT2D eigenvalue weighted by molar-refractivity contribution is -0.136. The summed E-state index contributed by atoms with van der Waals surface area (Å²) in [5.74, 6) is -0.0541. The third-order valence-corrected chi connectivity index (χ3v) is 3.95. The molecule has 138 valence electrons. The van der Waals surface area contributed by atoms with Crippen LogP contribution >= 0.6 is 0 Å². The number of aromatic nitrogens is 1. The van der Waals surface area contributed by atoms with Gasteiger partial charge in [-0.25, -0.2) is 4.98 Å². The van der Waals surface area contributed by atoms with E-state index >= 15 is 0 Å². The van der Waals surface area contributed by atoms with Crippen molar-refractivity contribution < 1.29 is 18.0 Å². The molecule has 3 aromatic rings. The van der Waals surface area contributed by atoms with Crippen molar-refractivity contribution in [2.75, 3.05) is 17.3 Å². The van der Waals surface area contributed by atoms with E-state index in [1.807, 2.05) is 18.2 Å². The molecule has 0 atom stereocenters. The highest BCUT2D eigenvalue weighted by molar-refractivity contribution is 6.05. The van der Waals surface area contributed by atoms with E-state index in [0.29, 0.717) is 5.56 Å². The Hall–Kier alpha value is -3.35. The minimum atomic E-state index is -4.47. The van der Waals surface area contributed by atoms with Crippen molar-refractivity contribution in [1.29, 1.82) is 0 Å². The van der Waals surface area contributed by atoms with Crippen LogP contribution < -0.4 is 10.2 Å². The number of nitrogens with one attached hydrogen (secondary N) is 1. The number of para-hydroxylation sites is 2. The normalized spacial score (nSPS) is 11.1. The molecule has 2 aromatic carbocycles. The number of anilines is 3. The molecular formula is C20H16F3N3O. The number of hydrogen-bond acceptors (Lipinski definition) is 3. The van der Waals surface area contributed by atoms with Crippen LogP contribution in [0.3, 0.4) is 0 Å². The zero-order chi connectivity index (χ0) is 19.4. The van der Waals surface area contributed by atoms with E-state index < -0.39 is 11.7 Å². The summed E-state index contributed by atoms with van der Waals surface area (Å²) in [6, 6.07) is 17.2. The molecule has 0 unspecified atom stereocenters. The monoisotopic (exact) mass is 371 g/mol. The summed E-state index contributed by atoms with van der Waals surface area (Å²) in [6.45, 7) is 0. The maximum atomic E-state index is 13.1. The molecule has 0 saturated heterocycles. The Labute approximate surface area is 154 Å². The predicted octanol–water partition coefficient (Wildman–Crippen LogP) is 5.12. The Kier molecular flexibility index (Phi) is 5.12. The Morgan fingerprint density at radius 1 is 0.963 bits per heavy atom. The van der Waals surface area contributed by atoms with Crippen molar-refractivity contribution in [3.63, 3.8) is 0 Å². The second-order valence-electron chi connectivity index (χ2n) is 5.80. The van der Waals surface area contributed by atoms with Crippen LogP contribution in [0.15, 0.2) is 72.9 Å². The minimum absolute atomic E-state index is 0.0991. The van der Waals surface area contributed by atoms with Gasteiger partial charge in [0.05, 0.1) is 16.8 Å². The van der Waals surface area contributed by atoms with Crippen molar-refractivity contribution in [3.8, 4) is 0 Å². The van der Waals surface area contributed by atoms with Crippen molar-refractivity contribution in [2.45, 2.75) is 6.18 Å². The summed E-state index contributed by atoms with van der Waals surface area (Å²) in [5.41, 5.74) is 0.175. The summed E-state index contributed by atoms with van der Waals surface area (Å²) < 4.78 is 39.2. The van der Waals surface area contributed by atoms with Crippen LogP contribution in [0.1, 0.15) is 15.9 Å². The molecule has 0 spiro atoms. The molecule has 4 nitrogen and oxygen atoms in total. The zero-order valence-electron chi connectivity index (χ0n) is 14.4. The zero-order valence-corrected chi connectivity index (χ0v) is 14.4. The van der Waals surface area contributed by atoms with E-state index in [-0.39, 0.29) is 17.4 Å². The van der Waals surface area contributed by atoms with Crippen LogP contribution in [0.5, 0.6) is 0 Å². The largest absolute Gasteiger partial charge is 0.418 e. The molecule has 0 aliphatic carbocycles. The van der Waals surface area contributed by atoms with Crippen molar-refractivity contribution in [3.05, 3.63) is 84.1 Å². The van der Waals surface area contributed by atoms with Gasteiger partial charge in [0, 0.05) is 18.9 Å². The second-order valence-corrected chi connectivity index (χ2v) is 5.80. The first-order chi connectivity index (χ1) is 12.9. The van der Waals surface area contributed by atoms with Gasteiger partial charge in [-0.1, -0.05) is 30.3 Å². The van der Waals surface area contributed by atoms with Gasteiger partial charge in [-0.15, -0.1) is 0 Å². The number of pyridine rings is 1. The molecule has 0 saturated carbocycles. The van der Waals surface area contributed by atoms with Crippen LogP contribution in [0, 0.1) is 0 Å². The molecule has 0 fully saturated rings. The lowest BCUT2D eigenvalue weighted by Crippen LogP contribution is -2.26. The van der Waals surface area contributed by atoms with E-state index in [1.54, 1.807) is 19.2 Å². The average Bonchev–Trinajstić information content (AvgIpc) is 2.68. The molecule has 7 heteroatoms. The molecule has 1 aromatic heterocycles. The fourth-order valence-corrected chi connectivity index (χ4v) is 2.53. The van der Waals surface area contributed by atoms with Crippen LogP contribution in [-0.4, -0.2) is 17.9 Å². The molecule has 0 bridgehead atoms. The smallest absolute Gasteiger partial charge is 0.340 e. The summed E-state index contributed by atoms with van der Waals surface area (Å²) in [5, 5.41) is 2.65.